The van der Waals surface area contributed by atoms with Gasteiger partial charge in [-0.2, -0.15) is 0 Å². The van der Waals surface area contributed by atoms with E-state index in [-0.39, 0.29) is 5.54 Å². The molecule has 1 aliphatic carbocycles. The summed E-state index contributed by atoms with van der Waals surface area (Å²) in [5, 5.41) is 0. The molecule has 1 aromatic rings. The first kappa shape index (κ1) is 12.9. The second-order valence-corrected chi connectivity index (χ2v) is 5.93. The quantitative estimate of drug-likeness (QED) is 0.901. The van der Waals surface area contributed by atoms with Crippen molar-refractivity contribution < 1.29 is 4.74 Å². The number of hydrogen-bond acceptors (Lipinski definition) is 2. The molecule has 1 saturated carbocycles. The second kappa shape index (κ2) is 4.62. The van der Waals surface area contributed by atoms with Gasteiger partial charge in [0.15, 0.2) is 0 Å². The summed E-state index contributed by atoms with van der Waals surface area (Å²) in [5.74, 6) is 0.968. The minimum Gasteiger partial charge on any atom is -0.496 e. The van der Waals surface area contributed by atoms with Gasteiger partial charge in [-0.25, -0.2) is 0 Å². The molecule has 1 aliphatic rings. The van der Waals surface area contributed by atoms with Crippen molar-refractivity contribution in [2.75, 3.05) is 7.11 Å². The largest absolute Gasteiger partial charge is 0.496 e. The highest BCUT2D eigenvalue weighted by molar-refractivity contribution is 9.10. The summed E-state index contributed by atoms with van der Waals surface area (Å²) >= 11 is 3.62. The molecule has 2 rings (SSSR count). The van der Waals surface area contributed by atoms with E-state index in [0.717, 1.165) is 28.6 Å². The van der Waals surface area contributed by atoms with Gasteiger partial charge < -0.3 is 10.5 Å². The lowest BCUT2D eigenvalue weighted by molar-refractivity contribution is 0.375. The molecule has 0 aliphatic heterocycles. The van der Waals surface area contributed by atoms with Crippen molar-refractivity contribution in [2.24, 2.45) is 5.73 Å². The van der Waals surface area contributed by atoms with Gasteiger partial charge in [0, 0.05) is 15.6 Å². The van der Waals surface area contributed by atoms with Crippen molar-refractivity contribution in [1.82, 2.24) is 0 Å². The Morgan fingerprint density at radius 3 is 2.41 bits per heavy atom. The lowest BCUT2D eigenvalue weighted by Gasteiger charge is -2.29. The molecule has 94 valence electrons. The maximum Gasteiger partial charge on any atom is 0.127 e. The smallest absolute Gasteiger partial charge is 0.127 e. The van der Waals surface area contributed by atoms with E-state index in [9.17, 15) is 0 Å². The maximum absolute atomic E-state index is 6.59. The van der Waals surface area contributed by atoms with Crippen LogP contribution in [0.4, 0.5) is 0 Å². The van der Waals surface area contributed by atoms with E-state index in [2.05, 4.69) is 35.8 Å². The van der Waals surface area contributed by atoms with Gasteiger partial charge in [-0.3, -0.25) is 0 Å². The fourth-order valence-electron chi connectivity index (χ4n) is 2.97. The van der Waals surface area contributed by atoms with Gasteiger partial charge in [-0.15, -0.1) is 0 Å². The Morgan fingerprint density at radius 2 is 1.88 bits per heavy atom. The van der Waals surface area contributed by atoms with E-state index in [1.54, 1.807) is 7.11 Å². The summed E-state index contributed by atoms with van der Waals surface area (Å²) < 4.78 is 6.72. The zero-order valence-corrected chi connectivity index (χ0v) is 12.4. The fraction of sp³-hybridized carbons (Fsp3) is 0.571. The van der Waals surface area contributed by atoms with E-state index in [0.29, 0.717) is 0 Å². The molecule has 3 heteroatoms. The van der Waals surface area contributed by atoms with Gasteiger partial charge in [-0.05, 0) is 43.9 Å². The summed E-state index contributed by atoms with van der Waals surface area (Å²) in [6.45, 7) is 4.19. The first-order chi connectivity index (χ1) is 7.99. The normalized spacial score (nSPS) is 18.4. The topological polar surface area (TPSA) is 35.2 Å². The van der Waals surface area contributed by atoms with Crippen molar-refractivity contribution in [1.29, 1.82) is 0 Å². The molecule has 0 amide bonds. The Morgan fingerprint density at radius 1 is 1.29 bits per heavy atom. The SMILES string of the molecule is COc1c(C)cc(Br)c(C)c1C1(N)CCCC1. The van der Waals surface area contributed by atoms with Crippen molar-refractivity contribution >= 4 is 15.9 Å². The molecule has 0 radical (unpaired) electrons. The monoisotopic (exact) mass is 297 g/mol. The van der Waals surface area contributed by atoms with Gasteiger partial charge in [0.25, 0.3) is 0 Å². The molecule has 0 atom stereocenters. The Hall–Kier alpha value is -0.540. The van der Waals surface area contributed by atoms with Gasteiger partial charge in [0.05, 0.1) is 7.11 Å². The molecule has 0 bridgehead atoms. The number of aryl methyl sites for hydroxylation is 1. The lowest BCUT2D eigenvalue weighted by atomic mass is 9.84. The highest BCUT2D eigenvalue weighted by Crippen LogP contribution is 2.45. The molecule has 2 N–H and O–H groups in total. The fourth-order valence-corrected chi connectivity index (χ4v) is 3.51. The summed E-state index contributed by atoms with van der Waals surface area (Å²) in [4.78, 5) is 0. The van der Waals surface area contributed by atoms with Crippen molar-refractivity contribution in [2.45, 2.75) is 45.1 Å². The molecule has 0 saturated heterocycles. The van der Waals surface area contributed by atoms with Crippen LogP contribution < -0.4 is 10.5 Å². The van der Waals surface area contributed by atoms with Crippen LogP contribution >= 0.6 is 15.9 Å². The highest BCUT2D eigenvalue weighted by atomic mass is 79.9. The Kier molecular flexibility index (Phi) is 3.50. The average Bonchev–Trinajstić information content (AvgIpc) is 2.71. The van der Waals surface area contributed by atoms with Gasteiger partial charge in [0.1, 0.15) is 5.75 Å². The average molecular weight is 298 g/mol. The third-order valence-electron chi connectivity index (χ3n) is 3.86. The van der Waals surface area contributed by atoms with Crippen LogP contribution in [0.3, 0.4) is 0 Å². The van der Waals surface area contributed by atoms with Gasteiger partial charge >= 0.3 is 0 Å². The number of nitrogens with two attached hydrogens (primary N) is 1. The van der Waals surface area contributed by atoms with Crippen molar-refractivity contribution in [3.63, 3.8) is 0 Å². The van der Waals surface area contributed by atoms with E-state index in [4.69, 9.17) is 10.5 Å². The zero-order valence-electron chi connectivity index (χ0n) is 10.8. The predicted molar refractivity (Wildman–Crippen MR) is 74.5 cm³/mol. The Balaban J connectivity index is 2.65. The van der Waals surface area contributed by atoms with Crippen molar-refractivity contribution in [3.05, 3.63) is 27.2 Å². The van der Waals surface area contributed by atoms with Crippen molar-refractivity contribution in [3.8, 4) is 5.75 Å². The van der Waals surface area contributed by atoms with Crippen LogP contribution in [0.15, 0.2) is 10.5 Å². The Bertz CT molecular complexity index is 436. The summed E-state index contributed by atoms with van der Waals surface area (Å²) in [5.41, 5.74) is 9.96. The number of halogens is 1. The van der Waals surface area contributed by atoms with Crippen LogP contribution in [0.5, 0.6) is 5.75 Å². The molecular formula is C14H20BrNO. The first-order valence-electron chi connectivity index (χ1n) is 6.12. The van der Waals surface area contributed by atoms with Crippen LogP contribution in [-0.2, 0) is 5.54 Å². The molecule has 0 spiro atoms. The molecule has 0 heterocycles. The third kappa shape index (κ3) is 2.11. The van der Waals surface area contributed by atoms with E-state index in [1.165, 1.54) is 24.0 Å². The Labute approximate surface area is 112 Å². The second-order valence-electron chi connectivity index (χ2n) is 5.07. The van der Waals surface area contributed by atoms with Crippen LogP contribution in [0, 0.1) is 13.8 Å². The summed E-state index contributed by atoms with van der Waals surface area (Å²) in [6.07, 6.45) is 4.54. The van der Waals surface area contributed by atoms with E-state index in [1.807, 2.05) is 0 Å². The molecular weight excluding hydrogens is 278 g/mol. The highest BCUT2D eigenvalue weighted by Gasteiger charge is 2.36. The van der Waals surface area contributed by atoms with Gasteiger partial charge in [0.2, 0.25) is 0 Å². The molecule has 1 aromatic carbocycles. The minimum absolute atomic E-state index is 0.204. The van der Waals surface area contributed by atoms with Crippen LogP contribution in [0.2, 0.25) is 0 Å². The number of methoxy groups -OCH3 is 1. The number of hydrogen-bond donors (Lipinski definition) is 1. The van der Waals surface area contributed by atoms with Gasteiger partial charge in [-0.1, -0.05) is 28.8 Å². The molecule has 0 unspecified atom stereocenters. The minimum atomic E-state index is -0.204. The van der Waals surface area contributed by atoms with E-state index < -0.39 is 0 Å². The summed E-state index contributed by atoms with van der Waals surface area (Å²) in [6, 6.07) is 2.11. The number of rotatable bonds is 2. The molecule has 17 heavy (non-hydrogen) atoms. The van der Waals surface area contributed by atoms with Crippen LogP contribution in [0.1, 0.15) is 42.4 Å². The molecule has 1 fully saturated rings. The number of benzene rings is 1. The molecule has 0 aromatic heterocycles. The van der Waals surface area contributed by atoms with Crippen LogP contribution in [-0.4, -0.2) is 7.11 Å². The van der Waals surface area contributed by atoms with E-state index >= 15 is 0 Å². The lowest BCUT2D eigenvalue weighted by Crippen LogP contribution is -2.34. The van der Waals surface area contributed by atoms with Crippen LogP contribution in [0.25, 0.3) is 0 Å². The zero-order chi connectivity index (χ0) is 12.6. The molecule has 2 nitrogen and oxygen atoms in total. The summed E-state index contributed by atoms with van der Waals surface area (Å²) in [7, 11) is 1.73. The predicted octanol–water partition coefficient (Wildman–Crippen LogP) is 3.80. The third-order valence-corrected chi connectivity index (χ3v) is 4.68. The number of ether oxygens (including phenoxy) is 1. The maximum atomic E-state index is 6.59. The standard InChI is InChI=1S/C14H20BrNO/c1-9-8-11(15)10(2)12(13(9)17-3)14(16)6-4-5-7-14/h8H,4-7,16H2,1-3H3. The first-order valence-corrected chi connectivity index (χ1v) is 6.92.